The van der Waals surface area contributed by atoms with Gasteiger partial charge in [-0.2, -0.15) is 26.3 Å². The Balaban J connectivity index is 3.24. The normalized spacial score (nSPS) is 37.3. The first-order valence-corrected chi connectivity index (χ1v) is 3.64. The second-order valence-electron chi connectivity index (χ2n) is 3.06. The van der Waals surface area contributed by atoms with E-state index < -0.39 is 42.3 Å². The molecule has 0 aliphatic heterocycles. The van der Waals surface area contributed by atoms with Crippen molar-refractivity contribution in [3.8, 4) is 0 Å². The quantitative estimate of drug-likeness (QED) is 0.450. The van der Waals surface area contributed by atoms with Crippen molar-refractivity contribution in [2.45, 2.75) is 30.1 Å². The van der Waals surface area contributed by atoms with Crippen LogP contribution in [0.5, 0.6) is 0 Å². The highest BCUT2D eigenvalue weighted by Crippen LogP contribution is 2.47. The molecular formula is C7H4F8. The smallest absolute Gasteiger partial charge is 0.237 e. The van der Waals surface area contributed by atoms with Crippen molar-refractivity contribution in [1.29, 1.82) is 0 Å². The van der Waals surface area contributed by atoms with Crippen LogP contribution in [0.1, 0.15) is 0 Å². The van der Waals surface area contributed by atoms with Gasteiger partial charge in [-0.25, -0.2) is 8.78 Å². The number of halogens is 8. The van der Waals surface area contributed by atoms with Crippen LogP contribution in [-0.2, 0) is 0 Å². The summed E-state index contributed by atoms with van der Waals surface area (Å²) in [6.07, 6.45) is -9.89. The van der Waals surface area contributed by atoms with E-state index >= 15 is 0 Å². The molecule has 1 aliphatic carbocycles. The summed E-state index contributed by atoms with van der Waals surface area (Å²) >= 11 is 0. The van der Waals surface area contributed by atoms with Crippen molar-refractivity contribution >= 4 is 0 Å². The van der Waals surface area contributed by atoms with E-state index in [1.807, 2.05) is 0 Å². The standard InChI is InChI=1S/C7H4F8/c8-3-4(9)7(14,15)6(12,13)2-1-5(3,10)11/h1-4H. The fraction of sp³-hybridized carbons (Fsp3) is 0.714. The van der Waals surface area contributed by atoms with Gasteiger partial charge in [0.25, 0.3) is 5.92 Å². The average molecular weight is 240 g/mol. The second kappa shape index (κ2) is 3.08. The van der Waals surface area contributed by atoms with Crippen LogP contribution in [0.4, 0.5) is 35.1 Å². The Morgan fingerprint density at radius 3 is 1.67 bits per heavy atom. The summed E-state index contributed by atoms with van der Waals surface area (Å²) in [5.74, 6) is -15.3. The fourth-order valence-corrected chi connectivity index (χ4v) is 0.982. The van der Waals surface area contributed by atoms with E-state index in [-0.39, 0.29) is 0 Å². The van der Waals surface area contributed by atoms with E-state index in [0.717, 1.165) is 0 Å². The Bertz CT molecular complexity index is 281. The number of alkyl halides is 8. The van der Waals surface area contributed by atoms with Crippen LogP contribution in [0.3, 0.4) is 0 Å². The summed E-state index contributed by atoms with van der Waals surface area (Å²) in [4.78, 5) is 0. The van der Waals surface area contributed by atoms with Crippen LogP contribution in [-0.4, -0.2) is 30.1 Å². The molecule has 0 aromatic rings. The number of allylic oxidation sites excluding steroid dienone is 2. The minimum absolute atomic E-state index is 0.745. The van der Waals surface area contributed by atoms with Gasteiger partial charge in [-0.05, 0) is 12.2 Å². The van der Waals surface area contributed by atoms with E-state index in [1.54, 1.807) is 0 Å². The molecular weight excluding hydrogens is 236 g/mol. The Labute approximate surface area is 78.6 Å². The van der Waals surface area contributed by atoms with E-state index in [9.17, 15) is 35.1 Å². The van der Waals surface area contributed by atoms with Gasteiger partial charge in [0.1, 0.15) is 0 Å². The molecule has 2 atom stereocenters. The van der Waals surface area contributed by atoms with Gasteiger partial charge in [0.15, 0.2) is 0 Å². The van der Waals surface area contributed by atoms with Crippen LogP contribution in [0.2, 0.25) is 0 Å². The SMILES string of the molecule is FC1C(F)C(F)(F)C(F)(F)C=CC1(F)F. The lowest BCUT2D eigenvalue weighted by molar-refractivity contribution is -0.232. The van der Waals surface area contributed by atoms with Crippen molar-refractivity contribution in [3.63, 3.8) is 0 Å². The molecule has 0 N–H and O–H groups in total. The van der Waals surface area contributed by atoms with Crippen molar-refractivity contribution in [1.82, 2.24) is 0 Å². The minimum atomic E-state index is -5.50. The van der Waals surface area contributed by atoms with Gasteiger partial charge < -0.3 is 0 Å². The van der Waals surface area contributed by atoms with E-state index in [2.05, 4.69) is 0 Å². The Hall–Kier alpha value is -0.820. The lowest BCUT2D eigenvalue weighted by Crippen LogP contribution is -2.51. The molecule has 15 heavy (non-hydrogen) atoms. The average Bonchev–Trinajstić information content (AvgIpc) is 2.14. The van der Waals surface area contributed by atoms with Gasteiger partial charge in [0.05, 0.1) is 0 Å². The molecule has 0 saturated carbocycles. The Kier molecular flexibility index (Phi) is 2.52. The first-order valence-electron chi connectivity index (χ1n) is 3.64. The summed E-state index contributed by atoms with van der Waals surface area (Å²) < 4.78 is 99.6. The summed E-state index contributed by atoms with van der Waals surface area (Å²) in [5.41, 5.74) is 0. The molecule has 0 fully saturated rings. The van der Waals surface area contributed by atoms with Gasteiger partial charge in [0.2, 0.25) is 12.3 Å². The monoisotopic (exact) mass is 240 g/mol. The zero-order chi connectivity index (χ0) is 12.1. The first kappa shape index (κ1) is 12.3. The minimum Gasteiger partial charge on any atom is -0.237 e. The molecule has 0 nitrogen and oxygen atoms in total. The van der Waals surface area contributed by atoms with E-state index in [4.69, 9.17) is 0 Å². The third-order valence-electron chi connectivity index (χ3n) is 1.93. The second-order valence-corrected chi connectivity index (χ2v) is 3.06. The molecule has 0 spiro atoms. The van der Waals surface area contributed by atoms with Gasteiger partial charge in [-0.3, -0.25) is 0 Å². The van der Waals surface area contributed by atoms with E-state index in [0.29, 0.717) is 0 Å². The molecule has 0 aromatic carbocycles. The highest BCUT2D eigenvalue weighted by molar-refractivity contribution is 5.17. The molecule has 1 aliphatic rings. The number of hydrogen-bond acceptors (Lipinski definition) is 0. The molecule has 0 heterocycles. The van der Waals surface area contributed by atoms with Crippen LogP contribution >= 0.6 is 0 Å². The maximum atomic E-state index is 12.5. The third-order valence-corrected chi connectivity index (χ3v) is 1.93. The van der Waals surface area contributed by atoms with Gasteiger partial charge in [-0.15, -0.1) is 0 Å². The molecule has 88 valence electrons. The van der Waals surface area contributed by atoms with Crippen molar-refractivity contribution in [2.75, 3.05) is 0 Å². The maximum Gasteiger partial charge on any atom is 0.347 e. The molecule has 8 heteroatoms. The van der Waals surface area contributed by atoms with Crippen LogP contribution in [0.15, 0.2) is 12.2 Å². The van der Waals surface area contributed by atoms with E-state index in [1.165, 1.54) is 0 Å². The first-order chi connectivity index (χ1) is 6.52. The maximum absolute atomic E-state index is 12.5. The Morgan fingerprint density at radius 1 is 0.733 bits per heavy atom. The molecule has 0 saturated heterocycles. The lowest BCUT2D eigenvalue weighted by atomic mass is 10.0. The van der Waals surface area contributed by atoms with Gasteiger partial charge in [0, 0.05) is 0 Å². The largest absolute Gasteiger partial charge is 0.347 e. The zero-order valence-corrected chi connectivity index (χ0v) is 6.83. The Morgan fingerprint density at radius 2 is 1.20 bits per heavy atom. The van der Waals surface area contributed by atoms with Gasteiger partial charge in [-0.1, -0.05) is 0 Å². The number of hydrogen-bond donors (Lipinski definition) is 0. The molecule has 1 rings (SSSR count). The van der Waals surface area contributed by atoms with Crippen LogP contribution in [0, 0.1) is 0 Å². The predicted molar refractivity (Wildman–Crippen MR) is 33.8 cm³/mol. The molecule has 0 amide bonds. The van der Waals surface area contributed by atoms with Crippen molar-refractivity contribution < 1.29 is 35.1 Å². The van der Waals surface area contributed by atoms with Gasteiger partial charge >= 0.3 is 11.8 Å². The summed E-state index contributed by atoms with van der Waals surface area (Å²) in [6, 6.07) is 0. The number of rotatable bonds is 0. The highest BCUT2D eigenvalue weighted by atomic mass is 19.3. The molecule has 2 unspecified atom stereocenters. The summed E-state index contributed by atoms with van der Waals surface area (Å²) in [6.45, 7) is 0. The van der Waals surface area contributed by atoms with Crippen molar-refractivity contribution in [3.05, 3.63) is 12.2 Å². The fourth-order valence-electron chi connectivity index (χ4n) is 0.982. The van der Waals surface area contributed by atoms with Crippen LogP contribution < -0.4 is 0 Å². The molecule has 0 aromatic heterocycles. The topological polar surface area (TPSA) is 0 Å². The zero-order valence-electron chi connectivity index (χ0n) is 6.83. The summed E-state index contributed by atoms with van der Waals surface area (Å²) in [7, 11) is 0. The third kappa shape index (κ3) is 1.69. The molecule has 0 radical (unpaired) electrons. The highest BCUT2D eigenvalue weighted by Gasteiger charge is 2.68. The van der Waals surface area contributed by atoms with Crippen LogP contribution in [0.25, 0.3) is 0 Å². The summed E-state index contributed by atoms with van der Waals surface area (Å²) in [5, 5.41) is 0. The predicted octanol–water partition coefficient (Wildman–Crippen LogP) is 3.14. The lowest BCUT2D eigenvalue weighted by Gasteiger charge is -2.27. The van der Waals surface area contributed by atoms with Crippen molar-refractivity contribution in [2.24, 2.45) is 0 Å². The molecule has 0 bridgehead atoms.